The largest absolute Gasteiger partial charge is 0.382 e. The quantitative estimate of drug-likeness (QED) is 0.746. The van der Waals surface area contributed by atoms with E-state index in [-0.39, 0.29) is 0 Å². The van der Waals surface area contributed by atoms with Crippen LogP contribution in [0.3, 0.4) is 0 Å². The van der Waals surface area contributed by atoms with Crippen LogP contribution in [0.1, 0.15) is 11.1 Å². The van der Waals surface area contributed by atoms with Crippen molar-refractivity contribution < 1.29 is 0 Å². The second-order valence-corrected chi connectivity index (χ2v) is 4.91. The molecule has 0 spiro atoms. The van der Waals surface area contributed by atoms with Crippen LogP contribution < -0.4 is 5.73 Å². The summed E-state index contributed by atoms with van der Waals surface area (Å²) in [5.74, 6) is 0.506. The number of H-pyrrole nitrogens is 1. The van der Waals surface area contributed by atoms with E-state index in [1.165, 1.54) is 11.1 Å². The third kappa shape index (κ3) is 2.05. The highest BCUT2D eigenvalue weighted by Gasteiger charge is 2.15. The standard InChI is InChI=1S/C16H16N4/c1-10-3-4-13(11(2)9-10)15-14(16(17)20-19-15)12-5-7-18-8-6-12/h3-9H,1-2H3,(H3,17,19,20). The number of aromatic nitrogens is 3. The molecule has 4 nitrogen and oxygen atoms in total. The van der Waals surface area contributed by atoms with E-state index in [1.807, 2.05) is 12.1 Å². The fourth-order valence-corrected chi connectivity index (χ4v) is 2.46. The number of nitrogens with zero attached hydrogens (tertiary/aromatic N) is 2. The van der Waals surface area contributed by atoms with Crippen molar-refractivity contribution in [2.24, 2.45) is 0 Å². The molecule has 0 aliphatic carbocycles. The highest BCUT2D eigenvalue weighted by molar-refractivity contribution is 5.88. The fraction of sp³-hybridized carbons (Fsp3) is 0.125. The molecule has 0 bridgehead atoms. The minimum Gasteiger partial charge on any atom is -0.382 e. The average Bonchev–Trinajstić information content (AvgIpc) is 2.81. The van der Waals surface area contributed by atoms with Crippen LogP contribution in [0.25, 0.3) is 22.4 Å². The maximum Gasteiger partial charge on any atom is 0.153 e. The number of hydrogen-bond acceptors (Lipinski definition) is 3. The van der Waals surface area contributed by atoms with Crippen molar-refractivity contribution in [1.82, 2.24) is 15.2 Å². The normalized spacial score (nSPS) is 10.7. The lowest BCUT2D eigenvalue weighted by Crippen LogP contribution is -1.90. The first kappa shape index (κ1) is 12.4. The predicted octanol–water partition coefficient (Wildman–Crippen LogP) is 3.34. The Morgan fingerprint density at radius 2 is 1.80 bits per heavy atom. The third-order valence-electron chi connectivity index (χ3n) is 3.41. The Hall–Kier alpha value is -2.62. The van der Waals surface area contributed by atoms with Crippen LogP contribution in [-0.4, -0.2) is 15.2 Å². The molecule has 100 valence electrons. The van der Waals surface area contributed by atoms with Gasteiger partial charge in [0.2, 0.25) is 0 Å². The van der Waals surface area contributed by atoms with Gasteiger partial charge in [-0.2, -0.15) is 5.10 Å². The van der Waals surface area contributed by atoms with Crippen molar-refractivity contribution in [2.45, 2.75) is 13.8 Å². The van der Waals surface area contributed by atoms with Crippen LogP contribution in [0.15, 0.2) is 42.7 Å². The summed E-state index contributed by atoms with van der Waals surface area (Å²) in [5.41, 5.74) is 12.5. The first-order valence-corrected chi connectivity index (χ1v) is 6.48. The van der Waals surface area contributed by atoms with Gasteiger partial charge in [0, 0.05) is 18.0 Å². The van der Waals surface area contributed by atoms with E-state index in [9.17, 15) is 0 Å². The minimum absolute atomic E-state index is 0.506. The molecule has 0 aliphatic rings. The number of nitrogen functional groups attached to an aromatic ring is 1. The lowest BCUT2D eigenvalue weighted by molar-refractivity contribution is 1.10. The summed E-state index contributed by atoms with van der Waals surface area (Å²) in [5, 5.41) is 7.22. The summed E-state index contributed by atoms with van der Waals surface area (Å²) in [6.07, 6.45) is 3.51. The fourth-order valence-electron chi connectivity index (χ4n) is 2.46. The van der Waals surface area contributed by atoms with E-state index in [4.69, 9.17) is 5.73 Å². The second-order valence-electron chi connectivity index (χ2n) is 4.91. The molecule has 1 aromatic carbocycles. The number of hydrogen-bond donors (Lipinski definition) is 2. The molecule has 0 radical (unpaired) electrons. The van der Waals surface area contributed by atoms with Gasteiger partial charge in [-0.1, -0.05) is 23.8 Å². The first-order valence-electron chi connectivity index (χ1n) is 6.48. The molecular weight excluding hydrogens is 248 g/mol. The van der Waals surface area contributed by atoms with Crippen LogP contribution in [0.5, 0.6) is 0 Å². The molecule has 0 aliphatic heterocycles. The van der Waals surface area contributed by atoms with Gasteiger partial charge in [-0.25, -0.2) is 0 Å². The zero-order valence-corrected chi connectivity index (χ0v) is 11.5. The number of aromatic amines is 1. The Labute approximate surface area is 117 Å². The van der Waals surface area contributed by atoms with Crippen LogP contribution >= 0.6 is 0 Å². The summed E-state index contributed by atoms with van der Waals surface area (Å²) in [4.78, 5) is 4.05. The van der Waals surface area contributed by atoms with Crippen molar-refractivity contribution in [3.05, 3.63) is 53.9 Å². The molecular formula is C16H16N4. The van der Waals surface area contributed by atoms with Gasteiger partial charge in [0.15, 0.2) is 5.82 Å². The van der Waals surface area contributed by atoms with E-state index in [1.54, 1.807) is 12.4 Å². The smallest absolute Gasteiger partial charge is 0.153 e. The summed E-state index contributed by atoms with van der Waals surface area (Å²) >= 11 is 0. The third-order valence-corrected chi connectivity index (χ3v) is 3.41. The average molecular weight is 264 g/mol. The van der Waals surface area contributed by atoms with Crippen LogP contribution in [-0.2, 0) is 0 Å². The van der Waals surface area contributed by atoms with Gasteiger partial charge in [0.05, 0.1) is 11.3 Å². The molecule has 0 amide bonds. The van der Waals surface area contributed by atoms with Gasteiger partial charge >= 0.3 is 0 Å². The molecule has 0 saturated heterocycles. The number of benzene rings is 1. The zero-order valence-electron chi connectivity index (χ0n) is 11.5. The Morgan fingerprint density at radius 3 is 2.50 bits per heavy atom. The van der Waals surface area contributed by atoms with Gasteiger partial charge in [-0.15, -0.1) is 0 Å². The van der Waals surface area contributed by atoms with Gasteiger partial charge in [-0.05, 0) is 37.1 Å². The van der Waals surface area contributed by atoms with Crippen molar-refractivity contribution in [3.8, 4) is 22.4 Å². The number of pyridine rings is 1. The molecule has 3 rings (SSSR count). The monoisotopic (exact) mass is 264 g/mol. The number of aryl methyl sites for hydroxylation is 2. The predicted molar refractivity (Wildman–Crippen MR) is 81.1 cm³/mol. The lowest BCUT2D eigenvalue weighted by atomic mass is 9.97. The molecule has 0 atom stereocenters. The van der Waals surface area contributed by atoms with Crippen LogP contribution in [0, 0.1) is 13.8 Å². The minimum atomic E-state index is 0.506. The second kappa shape index (κ2) is 4.81. The lowest BCUT2D eigenvalue weighted by Gasteiger charge is -2.08. The van der Waals surface area contributed by atoms with Gasteiger partial charge in [-0.3, -0.25) is 10.1 Å². The SMILES string of the molecule is Cc1ccc(-c2[nH]nc(N)c2-c2ccncc2)c(C)c1. The zero-order chi connectivity index (χ0) is 14.1. The molecule has 4 heteroatoms. The summed E-state index contributed by atoms with van der Waals surface area (Å²) in [6.45, 7) is 4.18. The highest BCUT2D eigenvalue weighted by Crippen LogP contribution is 2.35. The van der Waals surface area contributed by atoms with Crippen LogP contribution in [0.2, 0.25) is 0 Å². The van der Waals surface area contributed by atoms with Crippen molar-refractivity contribution in [2.75, 3.05) is 5.73 Å². The highest BCUT2D eigenvalue weighted by atomic mass is 15.2. The van der Waals surface area contributed by atoms with Crippen molar-refractivity contribution >= 4 is 5.82 Å². The van der Waals surface area contributed by atoms with E-state index in [2.05, 4.69) is 47.2 Å². The van der Waals surface area contributed by atoms with Gasteiger partial charge in [0.25, 0.3) is 0 Å². The number of anilines is 1. The molecule has 3 aromatic rings. The van der Waals surface area contributed by atoms with Crippen molar-refractivity contribution in [3.63, 3.8) is 0 Å². The van der Waals surface area contributed by atoms with Gasteiger partial charge in [0.1, 0.15) is 0 Å². The van der Waals surface area contributed by atoms with Crippen molar-refractivity contribution in [1.29, 1.82) is 0 Å². The van der Waals surface area contributed by atoms with E-state index in [0.717, 1.165) is 22.4 Å². The maximum absolute atomic E-state index is 6.03. The Balaban J connectivity index is 2.21. The Bertz CT molecular complexity index is 744. The Morgan fingerprint density at radius 1 is 1.05 bits per heavy atom. The topological polar surface area (TPSA) is 67.6 Å². The molecule has 0 saturated carbocycles. The Kier molecular flexibility index (Phi) is 2.99. The number of rotatable bonds is 2. The van der Waals surface area contributed by atoms with Crippen LogP contribution in [0.4, 0.5) is 5.82 Å². The number of nitrogens with one attached hydrogen (secondary N) is 1. The van der Waals surface area contributed by atoms with E-state index < -0.39 is 0 Å². The molecule has 20 heavy (non-hydrogen) atoms. The van der Waals surface area contributed by atoms with E-state index >= 15 is 0 Å². The molecule has 2 heterocycles. The maximum atomic E-state index is 6.03. The molecule has 0 unspecified atom stereocenters. The number of nitrogens with two attached hydrogens (primary N) is 1. The summed E-state index contributed by atoms with van der Waals surface area (Å²) in [6, 6.07) is 10.2. The first-order chi connectivity index (χ1) is 9.66. The van der Waals surface area contributed by atoms with E-state index in [0.29, 0.717) is 5.82 Å². The molecule has 0 fully saturated rings. The summed E-state index contributed by atoms with van der Waals surface area (Å²) < 4.78 is 0. The molecule has 3 N–H and O–H groups in total. The molecule has 2 aromatic heterocycles. The summed E-state index contributed by atoms with van der Waals surface area (Å²) in [7, 11) is 0. The van der Waals surface area contributed by atoms with Gasteiger partial charge < -0.3 is 5.73 Å².